The molecule has 16 heavy (non-hydrogen) atoms. The van der Waals surface area contributed by atoms with Gasteiger partial charge in [-0.05, 0) is 17.7 Å². The maximum atomic E-state index is 13.1. The number of thioether (sulfide) groups is 1. The van der Waals surface area contributed by atoms with Gasteiger partial charge in [0.15, 0.2) is 0 Å². The van der Waals surface area contributed by atoms with Crippen molar-refractivity contribution in [1.82, 2.24) is 4.90 Å². The number of carbonyl (C=O) groups is 1. The van der Waals surface area contributed by atoms with Crippen molar-refractivity contribution in [3.63, 3.8) is 0 Å². The van der Waals surface area contributed by atoms with Crippen LogP contribution in [0.1, 0.15) is 10.9 Å². The third-order valence-electron chi connectivity index (χ3n) is 2.44. The fourth-order valence-electron chi connectivity index (χ4n) is 1.74. The first kappa shape index (κ1) is 11.4. The van der Waals surface area contributed by atoms with Gasteiger partial charge in [-0.25, -0.2) is 4.39 Å². The van der Waals surface area contributed by atoms with E-state index in [4.69, 9.17) is 5.11 Å². The molecule has 86 valence electrons. The summed E-state index contributed by atoms with van der Waals surface area (Å²) in [5.74, 6) is 0.0796. The second-order valence-electron chi connectivity index (χ2n) is 3.53. The number of rotatable bonds is 3. The molecule has 0 aliphatic carbocycles. The van der Waals surface area contributed by atoms with Gasteiger partial charge in [0, 0.05) is 6.54 Å². The molecule has 2 rings (SSSR count). The molecule has 5 heteroatoms. The van der Waals surface area contributed by atoms with E-state index in [2.05, 4.69) is 0 Å². The minimum Gasteiger partial charge on any atom is -0.395 e. The Kier molecular flexibility index (Phi) is 3.46. The first-order valence-electron chi connectivity index (χ1n) is 5.00. The number of hydrogen-bond donors (Lipinski definition) is 1. The van der Waals surface area contributed by atoms with E-state index in [9.17, 15) is 9.18 Å². The van der Waals surface area contributed by atoms with E-state index in [1.807, 2.05) is 0 Å². The lowest BCUT2D eigenvalue weighted by Crippen LogP contribution is -2.30. The Balaban J connectivity index is 2.23. The molecule has 1 amide bonds. The number of amides is 1. The number of β-amino-alcohol motifs (C(OH)–C–C–N with tert-alkyl or cyclic N) is 1. The van der Waals surface area contributed by atoms with Gasteiger partial charge in [-0.2, -0.15) is 0 Å². The van der Waals surface area contributed by atoms with E-state index in [0.29, 0.717) is 12.3 Å². The van der Waals surface area contributed by atoms with Crippen LogP contribution in [0.4, 0.5) is 4.39 Å². The Morgan fingerprint density at radius 2 is 2.38 bits per heavy atom. The van der Waals surface area contributed by atoms with Crippen LogP contribution < -0.4 is 0 Å². The summed E-state index contributed by atoms with van der Waals surface area (Å²) in [6.45, 7) is 0.227. The van der Waals surface area contributed by atoms with Gasteiger partial charge in [-0.1, -0.05) is 12.1 Å². The van der Waals surface area contributed by atoms with Crippen LogP contribution in [0.15, 0.2) is 24.3 Å². The van der Waals surface area contributed by atoms with Gasteiger partial charge in [-0.3, -0.25) is 4.79 Å². The van der Waals surface area contributed by atoms with Crippen LogP contribution in [0.25, 0.3) is 0 Å². The van der Waals surface area contributed by atoms with E-state index in [-0.39, 0.29) is 23.7 Å². The van der Waals surface area contributed by atoms with Crippen LogP contribution in [-0.4, -0.2) is 34.8 Å². The molecular weight excluding hydrogens is 229 g/mol. The maximum absolute atomic E-state index is 13.1. The number of halogens is 1. The summed E-state index contributed by atoms with van der Waals surface area (Å²) in [7, 11) is 0. The van der Waals surface area contributed by atoms with Crippen LogP contribution in [0.5, 0.6) is 0 Å². The van der Waals surface area contributed by atoms with E-state index in [0.717, 1.165) is 5.56 Å². The van der Waals surface area contributed by atoms with Gasteiger partial charge in [-0.15, -0.1) is 11.8 Å². The van der Waals surface area contributed by atoms with Crippen molar-refractivity contribution in [3.8, 4) is 0 Å². The van der Waals surface area contributed by atoms with E-state index in [1.54, 1.807) is 17.0 Å². The molecule has 1 fully saturated rings. The maximum Gasteiger partial charge on any atom is 0.233 e. The summed E-state index contributed by atoms with van der Waals surface area (Å²) >= 11 is 1.46. The van der Waals surface area contributed by atoms with Gasteiger partial charge in [0.2, 0.25) is 5.91 Å². The molecule has 1 N–H and O–H groups in total. The average molecular weight is 241 g/mol. The molecule has 0 radical (unpaired) electrons. The Bertz CT molecular complexity index is 399. The third kappa shape index (κ3) is 2.20. The van der Waals surface area contributed by atoms with Crippen molar-refractivity contribution in [2.24, 2.45) is 0 Å². The second-order valence-corrected chi connectivity index (χ2v) is 4.60. The summed E-state index contributed by atoms with van der Waals surface area (Å²) in [5, 5.41) is 8.72. The highest BCUT2D eigenvalue weighted by Crippen LogP contribution is 2.38. The fraction of sp³-hybridized carbons (Fsp3) is 0.364. The summed E-state index contributed by atoms with van der Waals surface area (Å²) < 4.78 is 13.1. The summed E-state index contributed by atoms with van der Waals surface area (Å²) in [5.41, 5.74) is 0.768. The third-order valence-corrected chi connectivity index (χ3v) is 3.70. The molecule has 1 saturated heterocycles. The highest BCUT2D eigenvalue weighted by atomic mass is 32.2. The van der Waals surface area contributed by atoms with Crippen molar-refractivity contribution < 1.29 is 14.3 Å². The molecule has 1 aromatic rings. The van der Waals surface area contributed by atoms with Crippen molar-refractivity contribution in [2.75, 3.05) is 18.9 Å². The van der Waals surface area contributed by atoms with Crippen LogP contribution in [0.2, 0.25) is 0 Å². The summed E-state index contributed by atoms with van der Waals surface area (Å²) in [6, 6.07) is 6.23. The lowest BCUT2D eigenvalue weighted by molar-refractivity contribution is -0.128. The average Bonchev–Trinajstić information content (AvgIpc) is 2.61. The van der Waals surface area contributed by atoms with Crippen LogP contribution in [-0.2, 0) is 4.79 Å². The number of carbonyl (C=O) groups excluding carboxylic acids is 1. The predicted octanol–water partition coefficient (Wildman–Crippen LogP) is 1.39. The zero-order chi connectivity index (χ0) is 11.5. The highest BCUT2D eigenvalue weighted by Gasteiger charge is 2.32. The molecular formula is C11H12FNO2S. The Morgan fingerprint density at radius 1 is 1.56 bits per heavy atom. The molecule has 0 aromatic heterocycles. The van der Waals surface area contributed by atoms with Crippen LogP contribution in [0, 0.1) is 5.82 Å². The molecule has 1 aromatic carbocycles. The van der Waals surface area contributed by atoms with Crippen molar-refractivity contribution in [1.29, 1.82) is 0 Å². The summed E-state index contributed by atoms with van der Waals surface area (Å²) in [6.07, 6.45) is 0. The number of benzene rings is 1. The van der Waals surface area contributed by atoms with E-state index in [1.165, 1.54) is 23.9 Å². The van der Waals surface area contributed by atoms with Crippen LogP contribution in [0.3, 0.4) is 0 Å². The second kappa shape index (κ2) is 4.84. The van der Waals surface area contributed by atoms with Crippen molar-refractivity contribution in [3.05, 3.63) is 35.6 Å². The zero-order valence-electron chi connectivity index (χ0n) is 8.60. The van der Waals surface area contributed by atoms with Crippen LogP contribution >= 0.6 is 11.8 Å². The minimum atomic E-state index is -0.304. The number of aliphatic hydroxyl groups excluding tert-OH is 1. The molecule has 1 unspecified atom stereocenters. The smallest absolute Gasteiger partial charge is 0.233 e. The van der Waals surface area contributed by atoms with Gasteiger partial charge in [0.1, 0.15) is 11.2 Å². The molecule has 1 atom stereocenters. The quantitative estimate of drug-likeness (QED) is 0.869. The Hall–Kier alpha value is -1.07. The fourth-order valence-corrected chi connectivity index (χ4v) is 2.95. The molecule has 3 nitrogen and oxygen atoms in total. The van der Waals surface area contributed by atoms with E-state index < -0.39 is 0 Å². The van der Waals surface area contributed by atoms with Gasteiger partial charge >= 0.3 is 0 Å². The minimum absolute atomic E-state index is 0.00619. The topological polar surface area (TPSA) is 40.5 Å². The number of aliphatic hydroxyl groups is 1. The standard InChI is InChI=1S/C11H12FNO2S/c12-9-3-1-2-8(6-9)11-13(4-5-14)10(15)7-16-11/h1-3,6,11,14H,4-5,7H2. The molecule has 1 aliphatic rings. The molecule has 1 heterocycles. The Morgan fingerprint density at radius 3 is 3.06 bits per heavy atom. The monoisotopic (exact) mass is 241 g/mol. The normalized spacial score (nSPS) is 20.5. The van der Waals surface area contributed by atoms with Gasteiger partial charge < -0.3 is 10.0 Å². The van der Waals surface area contributed by atoms with Crippen molar-refractivity contribution in [2.45, 2.75) is 5.37 Å². The first-order valence-corrected chi connectivity index (χ1v) is 6.04. The zero-order valence-corrected chi connectivity index (χ0v) is 9.41. The number of nitrogens with zero attached hydrogens (tertiary/aromatic N) is 1. The highest BCUT2D eigenvalue weighted by molar-refractivity contribution is 8.00. The lowest BCUT2D eigenvalue weighted by Gasteiger charge is -2.23. The molecule has 0 saturated carbocycles. The molecule has 1 aliphatic heterocycles. The van der Waals surface area contributed by atoms with Gasteiger partial charge in [0.25, 0.3) is 0 Å². The first-order chi connectivity index (χ1) is 7.72. The van der Waals surface area contributed by atoms with Gasteiger partial charge in [0.05, 0.1) is 12.4 Å². The van der Waals surface area contributed by atoms with Crippen molar-refractivity contribution >= 4 is 17.7 Å². The molecule has 0 spiro atoms. The molecule has 0 bridgehead atoms. The largest absolute Gasteiger partial charge is 0.395 e. The Labute approximate surface area is 97.3 Å². The SMILES string of the molecule is O=C1CSC(c2cccc(F)c2)N1CCO. The van der Waals surface area contributed by atoms with E-state index >= 15 is 0 Å². The summed E-state index contributed by atoms with van der Waals surface area (Å²) in [4.78, 5) is 13.1. The lowest BCUT2D eigenvalue weighted by atomic mass is 10.2. The number of hydrogen-bond acceptors (Lipinski definition) is 3. The predicted molar refractivity (Wildman–Crippen MR) is 60.4 cm³/mol.